The predicted octanol–water partition coefficient (Wildman–Crippen LogP) is 3.15. The van der Waals surface area contributed by atoms with Crippen molar-refractivity contribution < 1.29 is 12.8 Å². The molecule has 0 amide bonds. The van der Waals surface area contributed by atoms with Gasteiger partial charge in [0, 0.05) is 0 Å². The maximum Gasteiger partial charge on any atom is 0.295 e. The van der Waals surface area contributed by atoms with Crippen molar-refractivity contribution in [3.8, 4) is 0 Å². The number of furan rings is 1. The molecule has 0 fully saturated rings. The molecule has 0 spiro atoms. The molecule has 0 radical (unpaired) electrons. The van der Waals surface area contributed by atoms with E-state index in [-0.39, 0.29) is 5.09 Å². The highest BCUT2D eigenvalue weighted by Crippen LogP contribution is 2.26. The smallest absolute Gasteiger partial charge is 0.295 e. The van der Waals surface area contributed by atoms with Gasteiger partial charge in [0.25, 0.3) is 10.0 Å². The monoisotopic (exact) mass is 328 g/mol. The van der Waals surface area contributed by atoms with Crippen molar-refractivity contribution in [3.05, 3.63) is 46.7 Å². The van der Waals surface area contributed by atoms with Gasteiger partial charge in [-0.2, -0.15) is 8.42 Å². The van der Waals surface area contributed by atoms with E-state index in [0.717, 1.165) is 12.1 Å². The van der Waals surface area contributed by atoms with E-state index in [1.807, 2.05) is 13.8 Å². The number of rotatable bonds is 6. The van der Waals surface area contributed by atoms with Crippen LogP contribution in [0.1, 0.15) is 18.2 Å². The van der Waals surface area contributed by atoms with Gasteiger partial charge in [0.1, 0.15) is 5.76 Å². The molecule has 0 unspecified atom stereocenters. The number of nitrogens with one attached hydrogen (secondary N) is 2. The highest BCUT2D eigenvalue weighted by molar-refractivity contribution is 7.92. The summed E-state index contributed by atoms with van der Waals surface area (Å²) in [6.07, 6.45) is 0. The normalized spacial score (nSPS) is 11.6. The second-order valence-electron chi connectivity index (χ2n) is 4.59. The second-order valence-corrected chi connectivity index (χ2v) is 6.61. The largest absolute Gasteiger partial charge is 0.446 e. The Balaban J connectivity index is 2.19. The van der Waals surface area contributed by atoms with Crippen LogP contribution in [0, 0.1) is 6.92 Å². The fraction of sp³-hybridized carbons (Fsp3) is 0.286. The summed E-state index contributed by atoms with van der Waals surface area (Å²) in [6.45, 7) is 5.10. The van der Waals surface area contributed by atoms with Gasteiger partial charge in [-0.15, -0.1) is 0 Å². The van der Waals surface area contributed by atoms with Crippen molar-refractivity contribution >= 4 is 27.3 Å². The Morgan fingerprint density at radius 2 is 2.00 bits per heavy atom. The van der Waals surface area contributed by atoms with Crippen molar-refractivity contribution in [2.45, 2.75) is 25.5 Å². The molecule has 0 saturated heterocycles. The van der Waals surface area contributed by atoms with Crippen LogP contribution in [0.5, 0.6) is 0 Å². The average molecular weight is 329 g/mol. The van der Waals surface area contributed by atoms with E-state index in [2.05, 4.69) is 10.0 Å². The Morgan fingerprint density at radius 3 is 2.67 bits per heavy atom. The van der Waals surface area contributed by atoms with Crippen LogP contribution in [0.4, 0.5) is 5.69 Å². The van der Waals surface area contributed by atoms with Crippen LogP contribution in [0.2, 0.25) is 5.02 Å². The minimum atomic E-state index is -3.78. The number of aryl methyl sites for hydroxylation is 1. The molecule has 1 aromatic heterocycles. The number of benzene rings is 1. The number of anilines is 1. The van der Waals surface area contributed by atoms with Gasteiger partial charge < -0.3 is 9.73 Å². The van der Waals surface area contributed by atoms with Gasteiger partial charge >= 0.3 is 0 Å². The summed E-state index contributed by atoms with van der Waals surface area (Å²) in [6, 6.07) is 8.16. The zero-order valence-corrected chi connectivity index (χ0v) is 13.4. The number of sulfonamides is 1. The molecule has 0 aliphatic rings. The van der Waals surface area contributed by atoms with E-state index >= 15 is 0 Å². The lowest BCUT2D eigenvalue weighted by Gasteiger charge is -2.08. The summed E-state index contributed by atoms with van der Waals surface area (Å²) < 4.78 is 32.2. The fourth-order valence-electron chi connectivity index (χ4n) is 1.74. The minimum absolute atomic E-state index is 0.132. The Morgan fingerprint density at radius 1 is 1.24 bits per heavy atom. The molecule has 114 valence electrons. The molecule has 0 aliphatic carbocycles. The summed E-state index contributed by atoms with van der Waals surface area (Å²) in [5, 5.41) is 3.28. The summed E-state index contributed by atoms with van der Waals surface area (Å²) in [4.78, 5) is 0. The Kier molecular flexibility index (Phi) is 4.92. The molecule has 1 heterocycles. The third kappa shape index (κ3) is 4.00. The standard InChI is InChI=1S/C14H17ClN2O3S/c1-3-16-9-11-5-7-14(20-11)21(18,19)17-13-6-4-10(2)8-12(13)15/h4-8,16-17H,3,9H2,1-2H3. The molecule has 1 aromatic carbocycles. The molecule has 7 heteroatoms. The van der Waals surface area contributed by atoms with Crippen LogP contribution in [0.25, 0.3) is 0 Å². The SMILES string of the molecule is CCNCc1ccc(S(=O)(=O)Nc2ccc(C)cc2Cl)o1. The zero-order valence-electron chi connectivity index (χ0n) is 11.8. The summed E-state index contributed by atoms with van der Waals surface area (Å²) in [5.74, 6) is 0.562. The van der Waals surface area contributed by atoms with Crippen LogP contribution in [-0.2, 0) is 16.6 Å². The third-order valence-corrected chi connectivity index (χ3v) is 4.37. The van der Waals surface area contributed by atoms with Crippen molar-refractivity contribution in [2.24, 2.45) is 0 Å². The van der Waals surface area contributed by atoms with Crippen molar-refractivity contribution in [3.63, 3.8) is 0 Å². The lowest BCUT2D eigenvalue weighted by Crippen LogP contribution is -2.13. The van der Waals surface area contributed by atoms with Crippen molar-refractivity contribution in [1.29, 1.82) is 0 Å². The first-order valence-electron chi connectivity index (χ1n) is 6.51. The van der Waals surface area contributed by atoms with E-state index in [4.69, 9.17) is 16.0 Å². The van der Waals surface area contributed by atoms with E-state index in [9.17, 15) is 8.42 Å². The molecule has 5 nitrogen and oxygen atoms in total. The van der Waals surface area contributed by atoms with Gasteiger partial charge in [-0.05, 0) is 43.3 Å². The van der Waals surface area contributed by atoms with Crippen molar-refractivity contribution in [1.82, 2.24) is 5.32 Å². The molecule has 2 N–H and O–H groups in total. The van der Waals surface area contributed by atoms with E-state index in [0.29, 0.717) is 23.0 Å². The Bertz CT molecular complexity index is 726. The van der Waals surface area contributed by atoms with Gasteiger partial charge in [-0.3, -0.25) is 4.72 Å². The molecule has 0 bridgehead atoms. The first kappa shape index (κ1) is 15.9. The lowest BCUT2D eigenvalue weighted by atomic mass is 10.2. The summed E-state index contributed by atoms with van der Waals surface area (Å²) in [7, 11) is -3.78. The van der Waals surface area contributed by atoms with Gasteiger partial charge in [-0.25, -0.2) is 0 Å². The highest BCUT2D eigenvalue weighted by atomic mass is 35.5. The zero-order chi connectivity index (χ0) is 15.5. The van der Waals surface area contributed by atoms with Crippen LogP contribution >= 0.6 is 11.6 Å². The summed E-state index contributed by atoms with van der Waals surface area (Å²) in [5.41, 5.74) is 1.28. The van der Waals surface area contributed by atoms with Crippen LogP contribution in [0.3, 0.4) is 0 Å². The third-order valence-electron chi connectivity index (χ3n) is 2.82. The van der Waals surface area contributed by atoms with E-state index in [1.54, 1.807) is 24.3 Å². The summed E-state index contributed by atoms with van der Waals surface area (Å²) >= 11 is 6.03. The molecule has 21 heavy (non-hydrogen) atoms. The van der Waals surface area contributed by atoms with E-state index in [1.165, 1.54) is 6.07 Å². The maximum atomic E-state index is 12.2. The predicted molar refractivity (Wildman–Crippen MR) is 83.1 cm³/mol. The first-order valence-corrected chi connectivity index (χ1v) is 8.37. The van der Waals surface area contributed by atoms with Crippen molar-refractivity contribution in [2.75, 3.05) is 11.3 Å². The second kappa shape index (κ2) is 6.51. The highest BCUT2D eigenvalue weighted by Gasteiger charge is 2.20. The van der Waals surface area contributed by atoms with Gasteiger partial charge in [0.2, 0.25) is 5.09 Å². The quantitative estimate of drug-likeness (QED) is 0.854. The lowest BCUT2D eigenvalue weighted by molar-refractivity contribution is 0.405. The van der Waals surface area contributed by atoms with E-state index < -0.39 is 10.0 Å². The first-order chi connectivity index (χ1) is 9.92. The molecular weight excluding hydrogens is 312 g/mol. The maximum absolute atomic E-state index is 12.2. The molecule has 2 aromatic rings. The van der Waals surface area contributed by atoms with Crippen LogP contribution < -0.4 is 10.0 Å². The van der Waals surface area contributed by atoms with Crippen LogP contribution in [-0.4, -0.2) is 15.0 Å². The minimum Gasteiger partial charge on any atom is -0.446 e. The number of halogens is 1. The van der Waals surface area contributed by atoms with Gasteiger partial charge in [0.05, 0.1) is 17.3 Å². The average Bonchev–Trinajstić information content (AvgIpc) is 2.89. The Hall–Kier alpha value is -1.50. The molecular formula is C14H17ClN2O3S. The Labute approximate surface area is 129 Å². The number of hydrogen-bond acceptors (Lipinski definition) is 4. The topological polar surface area (TPSA) is 71.3 Å². The molecule has 2 rings (SSSR count). The molecule has 0 aliphatic heterocycles. The fourth-order valence-corrected chi connectivity index (χ4v) is 3.11. The van der Waals surface area contributed by atoms with Gasteiger partial charge in [0.15, 0.2) is 0 Å². The van der Waals surface area contributed by atoms with Crippen LogP contribution in [0.15, 0.2) is 39.8 Å². The molecule has 0 atom stereocenters. The molecule has 0 saturated carbocycles. The number of hydrogen-bond donors (Lipinski definition) is 2. The van der Waals surface area contributed by atoms with Gasteiger partial charge in [-0.1, -0.05) is 24.6 Å².